The predicted octanol–water partition coefficient (Wildman–Crippen LogP) is 0.944. The van der Waals surface area contributed by atoms with Gasteiger partial charge in [0.05, 0.1) is 6.10 Å². The van der Waals surface area contributed by atoms with E-state index in [1.807, 2.05) is 6.92 Å². The third-order valence-electron chi connectivity index (χ3n) is 3.60. The lowest BCUT2D eigenvalue weighted by molar-refractivity contribution is 0.105. The van der Waals surface area contributed by atoms with Crippen molar-refractivity contribution < 1.29 is 5.11 Å². The summed E-state index contributed by atoms with van der Waals surface area (Å²) in [5.74, 6) is 0. The van der Waals surface area contributed by atoms with Gasteiger partial charge in [0.25, 0.3) is 0 Å². The minimum atomic E-state index is -0.315. The number of nitrogens with two attached hydrogens (primary N) is 1. The molecule has 0 radical (unpaired) electrons. The van der Waals surface area contributed by atoms with Crippen LogP contribution in [-0.2, 0) is 13.1 Å². The average Bonchev–Trinajstić information content (AvgIpc) is 2.63. The number of benzene rings is 1. The monoisotopic (exact) mass is 263 g/mol. The molecule has 1 heterocycles. The van der Waals surface area contributed by atoms with Crippen LogP contribution in [0, 0.1) is 0 Å². The number of rotatable bonds is 5. The van der Waals surface area contributed by atoms with Gasteiger partial charge in [-0.15, -0.1) is 0 Å². The van der Waals surface area contributed by atoms with Crippen molar-refractivity contribution in [2.45, 2.75) is 32.2 Å². The van der Waals surface area contributed by atoms with Crippen molar-refractivity contribution in [3.05, 3.63) is 34.9 Å². The summed E-state index contributed by atoms with van der Waals surface area (Å²) >= 11 is 0. The van der Waals surface area contributed by atoms with E-state index >= 15 is 0 Å². The van der Waals surface area contributed by atoms with E-state index in [1.54, 1.807) is 0 Å². The zero-order chi connectivity index (χ0) is 14.0. The Morgan fingerprint density at radius 3 is 2.79 bits per heavy atom. The first kappa shape index (κ1) is 14.5. The normalized spacial score (nSPS) is 20.8. The predicted molar refractivity (Wildman–Crippen MR) is 77.7 cm³/mol. The summed E-state index contributed by atoms with van der Waals surface area (Å²) in [7, 11) is 4.15. The maximum absolute atomic E-state index is 9.59. The number of β-amino-alcohol motifs (C(OH)–C–C–N with tert-alkyl or cyclic N) is 1. The molecule has 3 N–H and O–H groups in total. The highest BCUT2D eigenvalue weighted by molar-refractivity contribution is 5.38. The molecule has 2 atom stereocenters. The number of aliphatic hydroxyl groups excluding tert-OH is 1. The molecule has 4 heteroatoms. The van der Waals surface area contributed by atoms with Gasteiger partial charge in [-0.05, 0) is 37.7 Å². The van der Waals surface area contributed by atoms with Gasteiger partial charge in [-0.1, -0.05) is 18.2 Å². The Hall–Kier alpha value is -0.940. The molecule has 0 aromatic heterocycles. The highest BCUT2D eigenvalue weighted by atomic mass is 16.3. The number of hydrogen-bond acceptors (Lipinski definition) is 4. The molecular weight excluding hydrogens is 238 g/mol. The Morgan fingerprint density at radius 2 is 2.21 bits per heavy atom. The smallest absolute Gasteiger partial charge is 0.0639 e. The molecule has 0 amide bonds. The van der Waals surface area contributed by atoms with Gasteiger partial charge in [-0.3, -0.25) is 4.90 Å². The molecule has 0 bridgehead atoms. The third kappa shape index (κ3) is 3.34. The number of fused-ring (bicyclic) bond motifs is 1. The van der Waals surface area contributed by atoms with Crippen LogP contribution in [0.1, 0.15) is 29.7 Å². The Bertz CT molecular complexity index is 431. The van der Waals surface area contributed by atoms with E-state index in [9.17, 15) is 5.11 Å². The number of nitrogens with zero attached hydrogens (tertiary/aromatic N) is 2. The van der Waals surface area contributed by atoms with Crippen LogP contribution in [-0.4, -0.2) is 48.2 Å². The first-order valence-corrected chi connectivity index (χ1v) is 6.90. The largest absolute Gasteiger partial charge is 0.392 e. The van der Waals surface area contributed by atoms with Gasteiger partial charge < -0.3 is 15.7 Å². The SMILES string of the molecule is CC(O)CN1Cc2ccc(CN(C)C)cc2C1CN. The van der Waals surface area contributed by atoms with Crippen molar-refractivity contribution in [3.8, 4) is 0 Å². The van der Waals surface area contributed by atoms with Crippen LogP contribution in [0.3, 0.4) is 0 Å². The Balaban J connectivity index is 2.21. The molecule has 2 unspecified atom stereocenters. The fourth-order valence-electron chi connectivity index (χ4n) is 2.89. The van der Waals surface area contributed by atoms with Crippen LogP contribution in [0.4, 0.5) is 0 Å². The van der Waals surface area contributed by atoms with Crippen LogP contribution >= 0.6 is 0 Å². The van der Waals surface area contributed by atoms with Gasteiger partial charge >= 0.3 is 0 Å². The molecule has 1 aromatic carbocycles. The van der Waals surface area contributed by atoms with Gasteiger partial charge in [0.2, 0.25) is 0 Å². The number of aliphatic hydroxyl groups is 1. The van der Waals surface area contributed by atoms with E-state index in [-0.39, 0.29) is 12.1 Å². The minimum Gasteiger partial charge on any atom is -0.392 e. The van der Waals surface area contributed by atoms with Gasteiger partial charge in [-0.2, -0.15) is 0 Å². The quantitative estimate of drug-likeness (QED) is 0.830. The van der Waals surface area contributed by atoms with E-state index in [2.05, 4.69) is 42.1 Å². The third-order valence-corrected chi connectivity index (χ3v) is 3.60. The molecule has 1 aliphatic rings. The van der Waals surface area contributed by atoms with E-state index < -0.39 is 0 Å². The zero-order valence-corrected chi connectivity index (χ0v) is 12.1. The molecule has 0 aliphatic carbocycles. The Labute approximate surface area is 115 Å². The summed E-state index contributed by atoms with van der Waals surface area (Å²) in [5.41, 5.74) is 9.93. The minimum absolute atomic E-state index is 0.242. The van der Waals surface area contributed by atoms with Crippen molar-refractivity contribution in [1.29, 1.82) is 0 Å². The molecular formula is C15H25N3O. The van der Waals surface area contributed by atoms with Gasteiger partial charge in [-0.25, -0.2) is 0 Å². The van der Waals surface area contributed by atoms with Crippen LogP contribution in [0.25, 0.3) is 0 Å². The molecule has 0 spiro atoms. The summed E-state index contributed by atoms with van der Waals surface area (Å²) in [6.45, 7) is 4.95. The molecule has 1 aliphatic heterocycles. The lowest BCUT2D eigenvalue weighted by Crippen LogP contribution is -2.33. The second-order valence-corrected chi connectivity index (χ2v) is 5.80. The summed E-state index contributed by atoms with van der Waals surface area (Å²) in [6, 6.07) is 6.91. The van der Waals surface area contributed by atoms with Crippen molar-refractivity contribution in [2.75, 3.05) is 27.2 Å². The van der Waals surface area contributed by atoms with Crippen molar-refractivity contribution in [1.82, 2.24) is 9.80 Å². The zero-order valence-electron chi connectivity index (χ0n) is 12.1. The van der Waals surface area contributed by atoms with Crippen molar-refractivity contribution in [3.63, 3.8) is 0 Å². The molecule has 0 fully saturated rings. The number of hydrogen-bond donors (Lipinski definition) is 2. The molecule has 19 heavy (non-hydrogen) atoms. The highest BCUT2D eigenvalue weighted by Gasteiger charge is 2.29. The summed E-state index contributed by atoms with van der Waals surface area (Å²) in [4.78, 5) is 4.44. The molecule has 0 saturated carbocycles. The van der Waals surface area contributed by atoms with Crippen LogP contribution in [0.2, 0.25) is 0 Å². The van der Waals surface area contributed by atoms with E-state index in [1.165, 1.54) is 16.7 Å². The molecule has 1 aromatic rings. The molecule has 106 valence electrons. The van der Waals surface area contributed by atoms with Crippen LogP contribution in [0.15, 0.2) is 18.2 Å². The van der Waals surface area contributed by atoms with E-state index in [0.717, 1.165) is 13.1 Å². The van der Waals surface area contributed by atoms with Gasteiger partial charge in [0, 0.05) is 32.2 Å². The maximum Gasteiger partial charge on any atom is 0.0639 e. The molecule has 0 saturated heterocycles. The topological polar surface area (TPSA) is 52.7 Å². The van der Waals surface area contributed by atoms with Crippen LogP contribution in [0.5, 0.6) is 0 Å². The first-order valence-electron chi connectivity index (χ1n) is 6.90. The second kappa shape index (κ2) is 6.01. The standard InChI is InChI=1S/C15H25N3O/c1-11(19)8-18-10-13-5-4-12(9-17(2)3)6-14(13)15(18)7-16/h4-6,11,15,19H,7-10,16H2,1-3H3. The summed E-state index contributed by atoms with van der Waals surface area (Å²) < 4.78 is 0. The lowest BCUT2D eigenvalue weighted by atomic mass is 10.0. The fourth-order valence-corrected chi connectivity index (χ4v) is 2.89. The first-order chi connectivity index (χ1) is 9.01. The summed E-state index contributed by atoms with van der Waals surface area (Å²) in [5, 5.41) is 9.59. The lowest BCUT2D eigenvalue weighted by Gasteiger charge is -2.25. The second-order valence-electron chi connectivity index (χ2n) is 5.80. The maximum atomic E-state index is 9.59. The fraction of sp³-hybridized carbons (Fsp3) is 0.600. The van der Waals surface area contributed by atoms with Crippen molar-refractivity contribution >= 4 is 0 Å². The average molecular weight is 263 g/mol. The molecule has 2 rings (SSSR count). The summed E-state index contributed by atoms with van der Waals surface area (Å²) in [6.07, 6.45) is -0.315. The van der Waals surface area contributed by atoms with E-state index in [4.69, 9.17) is 5.73 Å². The molecule has 4 nitrogen and oxygen atoms in total. The van der Waals surface area contributed by atoms with Crippen molar-refractivity contribution in [2.24, 2.45) is 5.73 Å². The van der Waals surface area contributed by atoms with Gasteiger partial charge in [0.1, 0.15) is 0 Å². The Kier molecular flexibility index (Phi) is 4.58. The van der Waals surface area contributed by atoms with E-state index in [0.29, 0.717) is 13.1 Å². The Morgan fingerprint density at radius 1 is 1.47 bits per heavy atom. The highest BCUT2D eigenvalue weighted by Crippen LogP contribution is 2.33. The van der Waals surface area contributed by atoms with Crippen LogP contribution < -0.4 is 5.73 Å². The van der Waals surface area contributed by atoms with Gasteiger partial charge in [0.15, 0.2) is 0 Å².